The van der Waals surface area contributed by atoms with Gasteiger partial charge in [0.25, 0.3) is 0 Å². The van der Waals surface area contributed by atoms with Gasteiger partial charge >= 0.3 is 11.9 Å². The quantitative estimate of drug-likeness (QED) is 0.209. The summed E-state index contributed by atoms with van der Waals surface area (Å²) in [7, 11) is 0. The molecule has 1 aliphatic heterocycles. The molecule has 7 heteroatoms. The van der Waals surface area contributed by atoms with Gasteiger partial charge < -0.3 is 0 Å². The van der Waals surface area contributed by atoms with Crippen LogP contribution >= 0.6 is 0 Å². The Hall–Kier alpha value is -3.35. The molecule has 7 nitrogen and oxygen atoms in total. The molecule has 122 valence electrons. The number of benzene rings is 2. The van der Waals surface area contributed by atoms with Crippen molar-refractivity contribution in [1.29, 1.82) is 0 Å². The van der Waals surface area contributed by atoms with E-state index in [1.54, 1.807) is 36.4 Å². The normalized spacial score (nSPS) is 12.9. The minimum atomic E-state index is -0.0393. The van der Waals surface area contributed by atoms with Crippen molar-refractivity contribution in [2.45, 2.75) is 0 Å². The van der Waals surface area contributed by atoms with E-state index in [1.165, 1.54) is 0 Å². The minimum Gasteiger partial charge on any atom is -0.291 e. The number of guanidine groups is 2. The van der Waals surface area contributed by atoms with Gasteiger partial charge in [-0.1, -0.05) is 0 Å². The largest absolute Gasteiger partial charge is 0.348 e. The van der Waals surface area contributed by atoms with Gasteiger partial charge in [-0.2, -0.15) is 0 Å². The number of hydrogen-bond donors (Lipinski definition) is 6. The summed E-state index contributed by atoms with van der Waals surface area (Å²) in [5.41, 5.74) is 13.7. The Labute approximate surface area is 139 Å². The molecule has 0 spiro atoms. The summed E-state index contributed by atoms with van der Waals surface area (Å²) in [6.07, 6.45) is 0. The molecule has 0 aromatic heterocycles. The maximum atomic E-state index is 12.5. The molecule has 2 aromatic rings. The first-order chi connectivity index (χ1) is 11.6. The van der Waals surface area contributed by atoms with Crippen LogP contribution in [0.25, 0.3) is 0 Å². The number of nitrogens with one attached hydrogen (secondary N) is 4. The van der Waals surface area contributed by atoms with Gasteiger partial charge in [0.15, 0.2) is 5.78 Å². The van der Waals surface area contributed by atoms with E-state index >= 15 is 0 Å². The van der Waals surface area contributed by atoms with Crippen LogP contribution in [0.1, 0.15) is 15.9 Å². The lowest BCUT2D eigenvalue weighted by Crippen LogP contribution is -2.72. The molecule has 0 bridgehead atoms. The highest BCUT2D eigenvalue weighted by atomic mass is 16.1. The highest BCUT2D eigenvalue weighted by Crippen LogP contribution is 2.14. The molecular formula is C17H20N6O+2. The second kappa shape index (κ2) is 6.82. The van der Waals surface area contributed by atoms with Gasteiger partial charge in [-0.15, -0.1) is 0 Å². The number of nitrogens with two attached hydrogens (primary N) is 2. The van der Waals surface area contributed by atoms with Gasteiger partial charge in [-0.05, 0) is 48.5 Å². The Bertz CT molecular complexity index is 789. The topological polar surface area (TPSA) is 121 Å². The molecule has 0 radical (unpaired) electrons. The molecule has 0 saturated carbocycles. The third-order valence-electron chi connectivity index (χ3n) is 3.58. The van der Waals surface area contributed by atoms with Crippen molar-refractivity contribution in [2.75, 3.05) is 18.4 Å². The zero-order valence-electron chi connectivity index (χ0n) is 13.1. The van der Waals surface area contributed by atoms with Crippen LogP contribution in [0.4, 0.5) is 11.4 Å². The maximum Gasteiger partial charge on any atom is 0.348 e. The molecular weight excluding hydrogens is 304 g/mol. The summed E-state index contributed by atoms with van der Waals surface area (Å²) in [5, 5.41) is 6.41. The zero-order chi connectivity index (χ0) is 16.9. The third-order valence-corrected chi connectivity index (χ3v) is 3.58. The van der Waals surface area contributed by atoms with Gasteiger partial charge in [-0.3, -0.25) is 26.6 Å². The number of hydrogen-bond acceptors (Lipinski definition) is 3. The van der Waals surface area contributed by atoms with E-state index in [0.29, 0.717) is 11.1 Å². The van der Waals surface area contributed by atoms with E-state index in [1.807, 2.05) is 12.1 Å². The van der Waals surface area contributed by atoms with E-state index in [4.69, 9.17) is 11.5 Å². The average molecular weight is 324 g/mol. The fourth-order valence-corrected chi connectivity index (χ4v) is 2.41. The lowest BCUT2D eigenvalue weighted by molar-refractivity contribution is -0.444. The summed E-state index contributed by atoms with van der Waals surface area (Å²) < 4.78 is 0. The van der Waals surface area contributed by atoms with Crippen LogP contribution in [0.3, 0.4) is 0 Å². The number of rotatable bonds is 4. The molecule has 1 heterocycles. The zero-order valence-corrected chi connectivity index (χ0v) is 13.1. The monoisotopic (exact) mass is 324 g/mol. The number of carbonyl (C=O) groups excluding carboxylic acids is 1. The third kappa shape index (κ3) is 3.70. The van der Waals surface area contributed by atoms with Crippen LogP contribution in [-0.4, -0.2) is 30.8 Å². The van der Waals surface area contributed by atoms with Crippen molar-refractivity contribution in [3.8, 4) is 0 Å². The summed E-state index contributed by atoms with van der Waals surface area (Å²) in [5.74, 6) is 0.956. The van der Waals surface area contributed by atoms with Crippen LogP contribution in [-0.2, 0) is 0 Å². The number of carbonyl (C=O) groups is 1. The molecule has 0 fully saturated rings. The van der Waals surface area contributed by atoms with E-state index < -0.39 is 0 Å². The van der Waals surface area contributed by atoms with Gasteiger partial charge in [0.1, 0.15) is 0 Å². The van der Waals surface area contributed by atoms with Crippen molar-refractivity contribution in [3.63, 3.8) is 0 Å². The summed E-state index contributed by atoms with van der Waals surface area (Å²) in [6, 6.07) is 14.4. The van der Waals surface area contributed by atoms with Crippen molar-refractivity contribution in [1.82, 2.24) is 5.32 Å². The van der Waals surface area contributed by atoms with Gasteiger partial charge in [0, 0.05) is 11.1 Å². The molecule has 0 amide bonds. The molecule has 1 aliphatic rings. The lowest BCUT2D eigenvalue weighted by atomic mass is 10.0. The van der Waals surface area contributed by atoms with Gasteiger partial charge in [0.05, 0.1) is 24.5 Å². The highest BCUT2D eigenvalue weighted by Gasteiger charge is 2.13. The average Bonchev–Trinajstić information content (AvgIpc) is 3.08. The second-order valence-corrected chi connectivity index (χ2v) is 5.42. The van der Waals surface area contributed by atoms with Crippen LogP contribution in [0.5, 0.6) is 0 Å². The predicted molar refractivity (Wildman–Crippen MR) is 92.8 cm³/mol. The van der Waals surface area contributed by atoms with E-state index in [9.17, 15) is 4.79 Å². The second-order valence-electron chi connectivity index (χ2n) is 5.42. The smallest absolute Gasteiger partial charge is 0.291 e. The highest BCUT2D eigenvalue weighted by molar-refractivity contribution is 6.09. The van der Waals surface area contributed by atoms with Gasteiger partial charge in [0.2, 0.25) is 0 Å². The first-order valence-electron chi connectivity index (χ1n) is 7.63. The summed E-state index contributed by atoms with van der Waals surface area (Å²) in [6.45, 7) is 1.80. The van der Waals surface area contributed by atoms with Gasteiger partial charge in [-0.25, -0.2) is 10.3 Å². The Morgan fingerprint density at radius 2 is 1.67 bits per heavy atom. The molecule has 2 aromatic carbocycles. The SMILES string of the molecule is NC(N)=[NH+]c1ccc(C(=O)c2ccc(NC3=[NH+]CCN3)cc2)cc1. The first-order valence-corrected chi connectivity index (χ1v) is 7.63. The van der Waals surface area contributed by atoms with Crippen molar-refractivity contribution in [2.24, 2.45) is 11.5 Å². The number of anilines is 1. The molecule has 8 N–H and O–H groups in total. The molecule has 0 saturated heterocycles. The Balaban J connectivity index is 1.71. The fourth-order valence-electron chi connectivity index (χ4n) is 2.41. The Kier molecular flexibility index (Phi) is 4.42. The fraction of sp³-hybridized carbons (Fsp3) is 0.118. The van der Waals surface area contributed by atoms with Crippen LogP contribution < -0.4 is 32.1 Å². The first kappa shape index (κ1) is 15.5. The van der Waals surface area contributed by atoms with E-state index in [0.717, 1.165) is 30.4 Å². The van der Waals surface area contributed by atoms with Crippen molar-refractivity contribution >= 4 is 29.1 Å². The molecule has 0 unspecified atom stereocenters. The standard InChI is InChI=1S/C17H18N6O/c18-16(19)22-13-5-1-11(2-6-13)15(24)12-3-7-14(8-4-12)23-17-20-9-10-21-17/h1-8H,9-10H2,(H4,18,19,22)(H2,20,21,23)/p+2. The molecule has 0 atom stereocenters. The van der Waals surface area contributed by atoms with E-state index in [-0.39, 0.29) is 11.7 Å². The van der Waals surface area contributed by atoms with Crippen LogP contribution in [0, 0.1) is 0 Å². The molecule has 24 heavy (non-hydrogen) atoms. The van der Waals surface area contributed by atoms with E-state index in [2.05, 4.69) is 20.6 Å². The molecule has 3 rings (SSSR count). The minimum absolute atomic E-state index is 0.0393. The Morgan fingerprint density at radius 1 is 1.04 bits per heavy atom. The van der Waals surface area contributed by atoms with Crippen LogP contribution in [0.15, 0.2) is 48.5 Å². The summed E-state index contributed by atoms with van der Waals surface area (Å²) >= 11 is 0. The number of ketones is 1. The van der Waals surface area contributed by atoms with Crippen molar-refractivity contribution < 1.29 is 14.8 Å². The summed E-state index contributed by atoms with van der Waals surface area (Å²) in [4.78, 5) is 18.5. The predicted octanol–water partition coefficient (Wildman–Crippen LogP) is -2.65. The van der Waals surface area contributed by atoms with Crippen molar-refractivity contribution in [3.05, 3.63) is 59.7 Å². The molecule has 0 aliphatic carbocycles. The Morgan fingerprint density at radius 3 is 2.21 bits per heavy atom. The van der Waals surface area contributed by atoms with Crippen LogP contribution in [0.2, 0.25) is 0 Å². The maximum absolute atomic E-state index is 12.5. The lowest BCUT2D eigenvalue weighted by Gasteiger charge is -2.04.